The maximum absolute atomic E-state index is 11.5. The molecule has 132 valence electrons. The molecule has 0 atom stereocenters. The summed E-state index contributed by atoms with van der Waals surface area (Å²) >= 11 is 0. The van der Waals surface area contributed by atoms with E-state index < -0.39 is 10.4 Å². The van der Waals surface area contributed by atoms with E-state index in [1.807, 2.05) is 18.2 Å². The van der Waals surface area contributed by atoms with Gasteiger partial charge in [-0.3, -0.25) is 0 Å². The second-order valence-electron chi connectivity index (χ2n) is 5.34. The van der Waals surface area contributed by atoms with Crippen LogP contribution in [-0.4, -0.2) is 28.2 Å². The Kier molecular flexibility index (Phi) is 10.7. The first-order valence-corrected chi connectivity index (χ1v) is 9.69. The fraction of sp³-hybridized carbons (Fsp3) is 0.647. The highest BCUT2D eigenvalue weighted by Gasteiger charge is 2.11. The summed E-state index contributed by atoms with van der Waals surface area (Å²) in [5, 5.41) is 0. The van der Waals surface area contributed by atoms with E-state index in [0.717, 1.165) is 19.3 Å². The zero-order valence-electron chi connectivity index (χ0n) is 13.9. The summed E-state index contributed by atoms with van der Waals surface area (Å²) in [6, 6.07) is 9.17. The van der Waals surface area contributed by atoms with E-state index in [-0.39, 0.29) is 19.8 Å². The van der Waals surface area contributed by atoms with E-state index in [2.05, 4.69) is 6.92 Å². The van der Waals surface area contributed by atoms with Crippen molar-refractivity contribution in [3.05, 3.63) is 30.3 Å². The third kappa shape index (κ3) is 11.1. The molecule has 0 unspecified atom stereocenters. The Balaban J connectivity index is 2.00. The van der Waals surface area contributed by atoms with E-state index >= 15 is 0 Å². The Morgan fingerprint density at radius 1 is 0.783 bits per heavy atom. The molecule has 1 rings (SSSR count). The average molecular weight is 344 g/mol. The molecule has 0 aliphatic carbocycles. The second-order valence-corrected chi connectivity index (χ2v) is 6.62. The van der Waals surface area contributed by atoms with E-state index in [9.17, 15) is 8.42 Å². The molecule has 23 heavy (non-hydrogen) atoms. The molecule has 0 N–H and O–H groups in total. The summed E-state index contributed by atoms with van der Waals surface area (Å²) in [7, 11) is -3.92. The van der Waals surface area contributed by atoms with Crippen molar-refractivity contribution in [2.24, 2.45) is 0 Å². The van der Waals surface area contributed by atoms with Crippen LogP contribution in [0, 0.1) is 0 Å². The lowest BCUT2D eigenvalue weighted by Crippen LogP contribution is -2.15. The lowest BCUT2D eigenvalue weighted by Gasteiger charge is -2.07. The maximum Gasteiger partial charge on any atom is 0.399 e. The smallest absolute Gasteiger partial charge is 0.399 e. The Hall–Kier alpha value is -1.11. The van der Waals surface area contributed by atoms with Gasteiger partial charge in [-0.15, -0.1) is 0 Å². The highest BCUT2D eigenvalue weighted by molar-refractivity contribution is 7.81. The van der Waals surface area contributed by atoms with Crippen LogP contribution in [0.3, 0.4) is 0 Å². The van der Waals surface area contributed by atoms with Crippen LogP contribution in [0.25, 0.3) is 0 Å². The lowest BCUT2D eigenvalue weighted by atomic mass is 10.1. The van der Waals surface area contributed by atoms with Crippen LogP contribution in [0.2, 0.25) is 0 Å². The summed E-state index contributed by atoms with van der Waals surface area (Å²) in [6.07, 6.45) is 7.78. The average Bonchev–Trinajstić information content (AvgIpc) is 2.55. The number of hydrogen-bond acceptors (Lipinski definition) is 5. The first-order chi connectivity index (χ1) is 11.1. The fourth-order valence-corrected chi connectivity index (χ4v) is 2.73. The first kappa shape index (κ1) is 19.9. The van der Waals surface area contributed by atoms with Gasteiger partial charge in [-0.1, -0.05) is 63.6 Å². The van der Waals surface area contributed by atoms with Gasteiger partial charge in [-0.25, -0.2) is 8.37 Å². The summed E-state index contributed by atoms with van der Waals surface area (Å²) in [5.74, 6) is 0.678. The van der Waals surface area contributed by atoms with Gasteiger partial charge in [0, 0.05) is 0 Å². The molecule has 0 radical (unpaired) electrons. The predicted octanol–water partition coefficient (Wildman–Crippen LogP) is 4.09. The Labute approximate surface area is 140 Å². The molecule has 0 saturated carbocycles. The Morgan fingerprint density at radius 3 is 2.09 bits per heavy atom. The third-order valence-corrected chi connectivity index (χ3v) is 4.21. The number of ether oxygens (including phenoxy) is 1. The van der Waals surface area contributed by atoms with Crippen LogP contribution in [0.5, 0.6) is 5.75 Å². The first-order valence-electron chi connectivity index (χ1n) is 8.35. The minimum absolute atomic E-state index is 0.0613. The number of benzene rings is 1. The van der Waals surface area contributed by atoms with Crippen LogP contribution in [-0.2, 0) is 18.8 Å². The number of rotatable bonds is 14. The predicted molar refractivity (Wildman–Crippen MR) is 90.8 cm³/mol. The molecule has 0 amide bonds. The molecular weight excluding hydrogens is 316 g/mol. The highest BCUT2D eigenvalue weighted by atomic mass is 32.3. The minimum atomic E-state index is -3.92. The summed E-state index contributed by atoms with van der Waals surface area (Å²) in [4.78, 5) is 0. The van der Waals surface area contributed by atoms with Crippen molar-refractivity contribution in [2.75, 3.05) is 19.8 Å². The monoisotopic (exact) mass is 344 g/mol. The molecule has 1 aromatic carbocycles. The van der Waals surface area contributed by atoms with Gasteiger partial charge in [0.15, 0.2) is 0 Å². The molecule has 0 saturated heterocycles. The van der Waals surface area contributed by atoms with E-state index in [1.165, 1.54) is 25.7 Å². The van der Waals surface area contributed by atoms with Crippen molar-refractivity contribution >= 4 is 10.4 Å². The topological polar surface area (TPSA) is 61.8 Å². The summed E-state index contributed by atoms with van der Waals surface area (Å²) in [6.45, 7) is 2.46. The zero-order valence-corrected chi connectivity index (χ0v) is 14.7. The van der Waals surface area contributed by atoms with Crippen LogP contribution in [0.1, 0.15) is 51.9 Å². The summed E-state index contributed by atoms with van der Waals surface area (Å²) in [5.41, 5.74) is 0. The van der Waals surface area contributed by atoms with Crippen molar-refractivity contribution in [3.63, 3.8) is 0 Å². The van der Waals surface area contributed by atoms with Gasteiger partial charge in [0.2, 0.25) is 0 Å². The molecular formula is C17H28O5S. The van der Waals surface area contributed by atoms with Crippen LogP contribution in [0.4, 0.5) is 0 Å². The molecule has 0 aliphatic heterocycles. The van der Waals surface area contributed by atoms with E-state index in [1.54, 1.807) is 12.1 Å². The largest absolute Gasteiger partial charge is 0.491 e. The van der Waals surface area contributed by atoms with Crippen molar-refractivity contribution in [1.82, 2.24) is 0 Å². The van der Waals surface area contributed by atoms with Gasteiger partial charge in [0.25, 0.3) is 0 Å². The van der Waals surface area contributed by atoms with Crippen LogP contribution < -0.4 is 4.74 Å². The lowest BCUT2D eigenvalue weighted by molar-refractivity contribution is 0.176. The maximum atomic E-state index is 11.5. The number of para-hydroxylation sites is 1. The number of hydrogen-bond donors (Lipinski definition) is 0. The van der Waals surface area contributed by atoms with Gasteiger partial charge in [0.1, 0.15) is 19.0 Å². The van der Waals surface area contributed by atoms with Crippen molar-refractivity contribution < 1.29 is 21.5 Å². The van der Waals surface area contributed by atoms with Crippen molar-refractivity contribution in [3.8, 4) is 5.75 Å². The van der Waals surface area contributed by atoms with Crippen LogP contribution in [0.15, 0.2) is 30.3 Å². The standard InChI is InChI=1S/C17H28O5S/c1-2-3-4-5-6-7-11-14-21-23(18,19)22-16-15-20-17-12-9-8-10-13-17/h8-10,12-13H,2-7,11,14-16H2,1H3. The van der Waals surface area contributed by atoms with E-state index in [0.29, 0.717) is 5.75 Å². The molecule has 0 spiro atoms. The van der Waals surface area contributed by atoms with Gasteiger partial charge < -0.3 is 4.74 Å². The Morgan fingerprint density at radius 2 is 1.39 bits per heavy atom. The van der Waals surface area contributed by atoms with Gasteiger partial charge in [-0.05, 0) is 18.6 Å². The van der Waals surface area contributed by atoms with Crippen LogP contribution >= 0.6 is 0 Å². The quantitative estimate of drug-likeness (QED) is 0.476. The highest BCUT2D eigenvalue weighted by Crippen LogP contribution is 2.09. The van der Waals surface area contributed by atoms with E-state index in [4.69, 9.17) is 13.1 Å². The van der Waals surface area contributed by atoms with Gasteiger partial charge in [0.05, 0.1) is 6.61 Å². The molecule has 0 aliphatic rings. The van der Waals surface area contributed by atoms with Gasteiger partial charge >= 0.3 is 10.4 Å². The Bertz CT molecular complexity index is 487. The fourth-order valence-electron chi connectivity index (χ4n) is 2.07. The SMILES string of the molecule is CCCCCCCCCOS(=O)(=O)OCCOc1ccccc1. The molecule has 0 bridgehead atoms. The normalized spacial score (nSPS) is 11.5. The molecule has 6 heteroatoms. The molecule has 1 aromatic rings. The summed E-state index contributed by atoms with van der Waals surface area (Å²) < 4.78 is 37.9. The van der Waals surface area contributed by atoms with Crippen molar-refractivity contribution in [2.45, 2.75) is 51.9 Å². The molecule has 0 aromatic heterocycles. The second kappa shape index (κ2) is 12.3. The third-order valence-electron chi connectivity index (χ3n) is 3.30. The molecule has 0 heterocycles. The zero-order chi connectivity index (χ0) is 16.8. The van der Waals surface area contributed by atoms with Crippen molar-refractivity contribution in [1.29, 1.82) is 0 Å². The minimum Gasteiger partial charge on any atom is -0.491 e. The van der Waals surface area contributed by atoms with Gasteiger partial charge in [-0.2, -0.15) is 8.42 Å². The molecule has 5 nitrogen and oxygen atoms in total. The number of unbranched alkanes of at least 4 members (excludes halogenated alkanes) is 6. The molecule has 0 fully saturated rings.